The number of guanidine groups is 1. The Labute approximate surface area is 195 Å². The first-order valence-corrected chi connectivity index (χ1v) is 10.3. The molecule has 0 bridgehead atoms. The van der Waals surface area contributed by atoms with Crippen LogP contribution >= 0.6 is 24.0 Å². The average molecular weight is 523 g/mol. The van der Waals surface area contributed by atoms with Crippen LogP contribution in [0.4, 0.5) is 0 Å². The Morgan fingerprint density at radius 2 is 1.97 bits per heavy atom. The molecule has 0 amide bonds. The molecular formula is C23H30IN3O3. The van der Waals surface area contributed by atoms with Crippen LogP contribution in [0, 0.1) is 0 Å². The molecule has 4 rings (SSSR count). The summed E-state index contributed by atoms with van der Waals surface area (Å²) in [5.41, 5.74) is 8.34. The van der Waals surface area contributed by atoms with Crippen LogP contribution in [0.15, 0.2) is 47.5 Å². The lowest BCUT2D eigenvalue weighted by Gasteiger charge is -2.27. The van der Waals surface area contributed by atoms with Gasteiger partial charge in [-0.15, -0.1) is 24.0 Å². The fourth-order valence-electron chi connectivity index (χ4n) is 3.97. The van der Waals surface area contributed by atoms with Crippen LogP contribution in [-0.2, 0) is 6.54 Å². The van der Waals surface area contributed by atoms with Gasteiger partial charge in [-0.1, -0.05) is 18.2 Å². The van der Waals surface area contributed by atoms with Crippen molar-refractivity contribution in [2.75, 3.05) is 13.7 Å². The van der Waals surface area contributed by atoms with E-state index in [0.717, 1.165) is 47.6 Å². The van der Waals surface area contributed by atoms with Crippen molar-refractivity contribution in [1.29, 1.82) is 0 Å². The van der Waals surface area contributed by atoms with Crippen molar-refractivity contribution in [2.24, 2.45) is 10.7 Å². The van der Waals surface area contributed by atoms with E-state index < -0.39 is 0 Å². The first-order valence-electron chi connectivity index (χ1n) is 10.3. The molecule has 30 heavy (non-hydrogen) atoms. The summed E-state index contributed by atoms with van der Waals surface area (Å²) in [6.45, 7) is 1.12. The Bertz CT molecular complexity index is 869. The molecule has 1 aliphatic heterocycles. The summed E-state index contributed by atoms with van der Waals surface area (Å²) in [6, 6.07) is 14.0. The normalized spacial score (nSPS) is 18.7. The quantitative estimate of drug-likeness (QED) is 0.330. The van der Waals surface area contributed by atoms with Crippen molar-refractivity contribution in [1.82, 2.24) is 5.32 Å². The molecule has 6 nitrogen and oxygen atoms in total. The Morgan fingerprint density at radius 1 is 1.17 bits per heavy atom. The van der Waals surface area contributed by atoms with E-state index in [9.17, 15) is 0 Å². The number of para-hydroxylation sites is 1. The van der Waals surface area contributed by atoms with Crippen LogP contribution in [-0.4, -0.2) is 25.8 Å². The predicted molar refractivity (Wildman–Crippen MR) is 129 cm³/mol. The molecule has 162 valence electrons. The monoisotopic (exact) mass is 523 g/mol. The molecule has 2 aliphatic rings. The highest BCUT2D eigenvalue weighted by Crippen LogP contribution is 2.32. The van der Waals surface area contributed by atoms with Crippen molar-refractivity contribution < 1.29 is 14.2 Å². The maximum Gasteiger partial charge on any atom is 0.189 e. The summed E-state index contributed by atoms with van der Waals surface area (Å²) in [7, 11) is 1.67. The number of halogens is 1. The number of nitrogens with two attached hydrogens (primary N) is 1. The van der Waals surface area contributed by atoms with Gasteiger partial charge in [-0.2, -0.15) is 0 Å². The summed E-state index contributed by atoms with van der Waals surface area (Å²) >= 11 is 0. The molecule has 1 unspecified atom stereocenters. The van der Waals surface area contributed by atoms with Crippen molar-refractivity contribution in [3.05, 3.63) is 53.6 Å². The number of fused-ring (bicyclic) bond motifs is 1. The minimum absolute atomic E-state index is 0. The fraction of sp³-hybridized carbons (Fsp3) is 0.435. The van der Waals surface area contributed by atoms with E-state index in [1.165, 1.54) is 12.8 Å². The van der Waals surface area contributed by atoms with Crippen molar-refractivity contribution in [3.63, 3.8) is 0 Å². The molecule has 2 aromatic rings. The second kappa shape index (κ2) is 10.7. The third kappa shape index (κ3) is 5.50. The maximum atomic E-state index is 6.25. The standard InChI is InChI=1S/C23H29N3O3.HI/c1-27-18-11-10-16(22(14-18)29-17-6-2-3-7-17)15-25-23(24)26-20-12-13-28-21-9-5-4-8-19(20)21;/h4-5,8-11,14,17,20H,2-3,6-7,12-13,15H2,1H3,(H3,24,25,26);1H. The van der Waals surface area contributed by atoms with E-state index in [0.29, 0.717) is 19.1 Å². The van der Waals surface area contributed by atoms with Crippen molar-refractivity contribution in [3.8, 4) is 17.2 Å². The van der Waals surface area contributed by atoms with Gasteiger partial charge in [-0.3, -0.25) is 0 Å². The zero-order valence-electron chi connectivity index (χ0n) is 17.3. The Morgan fingerprint density at radius 3 is 2.77 bits per heavy atom. The molecule has 1 aliphatic carbocycles. The van der Waals surface area contributed by atoms with Crippen LogP contribution in [0.25, 0.3) is 0 Å². The van der Waals surface area contributed by atoms with E-state index in [4.69, 9.17) is 19.9 Å². The van der Waals surface area contributed by atoms with Gasteiger partial charge >= 0.3 is 0 Å². The average Bonchev–Trinajstić information content (AvgIpc) is 3.26. The van der Waals surface area contributed by atoms with Crippen LogP contribution in [0.2, 0.25) is 0 Å². The number of nitrogens with one attached hydrogen (secondary N) is 1. The van der Waals surface area contributed by atoms with Gasteiger partial charge in [0.2, 0.25) is 0 Å². The lowest BCUT2D eigenvalue weighted by Crippen LogP contribution is -2.37. The number of hydrogen-bond donors (Lipinski definition) is 2. The zero-order chi connectivity index (χ0) is 20.1. The lowest BCUT2D eigenvalue weighted by atomic mass is 10.0. The molecule has 0 spiro atoms. The van der Waals surface area contributed by atoms with E-state index >= 15 is 0 Å². The van der Waals surface area contributed by atoms with Crippen LogP contribution in [0.3, 0.4) is 0 Å². The molecular weight excluding hydrogens is 493 g/mol. The van der Waals surface area contributed by atoms with Crippen molar-refractivity contribution >= 4 is 29.9 Å². The molecule has 7 heteroatoms. The smallest absolute Gasteiger partial charge is 0.189 e. The summed E-state index contributed by atoms with van der Waals surface area (Å²) < 4.78 is 17.3. The predicted octanol–water partition coefficient (Wildman–Crippen LogP) is 4.56. The first-order chi connectivity index (χ1) is 14.2. The number of nitrogens with zero attached hydrogens (tertiary/aromatic N) is 1. The van der Waals surface area contributed by atoms with Gasteiger partial charge in [-0.05, 0) is 43.9 Å². The highest BCUT2D eigenvalue weighted by Gasteiger charge is 2.21. The van der Waals surface area contributed by atoms with Crippen molar-refractivity contribution in [2.45, 2.75) is 50.8 Å². The van der Waals surface area contributed by atoms with E-state index in [-0.39, 0.29) is 36.1 Å². The van der Waals surface area contributed by atoms with Gasteiger partial charge in [-0.25, -0.2) is 4.99 Å². The molecule has 1 fully saturated rings. The van der Waals surface area contributed by atoms with Gasteiger partial charge in [0.05, 0.1) is 32.4 Å². The van der Waals surface area contributed by atoms with E-state index in [2.05, 4.69) is 16.4 Å². The molecule has 3 N–H and O–H groups in total. The Kier molecular flexibility index (Phi) is 8.07. The van der Waals surface area contributed by atoms with E-state index in [1.54, 1.807) is 7.11 Å². The van der Waals surface area contributed by atoms with Gasteiger partial charge in [0.1, 0.15) is 17.2 Å². The number of hydrogen-bond acceptors (Lipinski definition) is 4. The maximum absolute atomic E-state index is 6.25. The Hall–Kier alpha value is -2.16. The second-order valence-corrected chi connectivity index (χ2v) is 7.57. The van der Waals surface area contributed by atoms with Gasteiger partial charge in [0.25, 0.3) is 0 Å². The number of methoxy groups -OCH3 is 1. The molecule has 1 atom stereocenters. The fourth-order valence-corrected chi connectivity index (χ4v) is 3.97. The second-order valence-electron chi connectivity index (χ2n) is 7.57. The zero-order valence-corrected chi connectivity index (χ0v) is 19.6. The highest BCUT2D eigenvalue weighted by atomic mass is 127. The van der Waals surface area contributed by atoms with Gasteiger partial charge in [0.15, 0.2) is 5.96 Å². The summed E-state index contributed by atoms with van der Waals surface area (Å²) in [4.78, 5) is 4.57. The summed E-state index contributed by atoms with van der Waals surface area (Å²) in [6.07, 6.45) is 5.79. The molecule has 0 radical (unpaired) electrons. The number of aliphatic imine (C=N–C) groups is 1. The largest absolute Gasteiger partial charge is 0.497 e. The van der Waals surface area contributed by atoms with Gasteiger partial charge < -0.3 is 25.3 Å². The SMILES string of the molecule is COc1ccc(CN=C(N)NC2CCOc3ccccc32)c(OC2CCCC2)c1.I. The number of rotatable bonds is 6. The minimum atomic E-state index is 0. The minimum Gasteiger partial charge on any atom is -0.497 e. The Balaban J connectivity index is 0.00000256. The van der Waals surface area contributed by atoms with Crippen LogP contribution in [0.5, 0.6) is 17.2 Å². The van der Waals surface area contributed by atoms with E-state index in [1.807, 2.05) is 36.4 Å². The third-order valence-electron chi connectivity index (χ3n) is 5.57. The number of benzene rings is 2. The number of ether oxygens (including phenoxy) is 3. The first kappa shape index (κ1) is 22.5. The lowest BCUT2D eigenvalue weighted by molar-refractivity contribution is 0.207. The highest BCUT2D eigenvalue weighted by molar-refractivity contribution is 14.0. The van der Waals surface area contributed by atoms with Crippen LogP contribution < -0.4 is 25.3 Å². The molecule has 0 saturated heterocycles. The summed E-state index contributed by atoms with van der Waals surface area (Å²) in [5, 5.41) is 3.34. The van der Waals surface area contributed by atoms with Crippen LogP contribution in [0.1, 0.15) is 49.3 Å². The molecule has 2 aromatic carbocycles. The van der Waals surface area contributed by atoms with Gasteiger partial charge in [0, 0.05) is 23.6 Å². The topological polar surface area (TPSA) is 78.1 Å². The molecule has 0 aromatic heterocycles. The molecule has 1 saturated carbocycles. The summed E-state index contributed by atoms with van der Waals surface area (Å²) in [5.74, 6) is 2.96. The third-order valence-corrected chi connectivity index (χ3v) is 5.57. The molecule has 1 heterocycles.